The van der Waals surface area contributed by atoms with Crippen LogP contribution in [-0.2, 0) is 6.54 Å². The standard InChI is InChI=1S/C14H25N3/c1-5-17-10-11(9-16-17)13(15-4)12-7-6-8-14(12,2)3/h9-10,12-13,15H,5-8H2,1-4H3. The molecule has 96 valence electrons. The molecule has 1 aromatic heterocycles. The largest absolute Gasteiger partial charge is 0.313 e. The summed E-state index contributed by atoms with van der Waals surface area (Å²) in [7, 11) is 2.07. The summed E-state index contributed by atoms with van der Waals surface area (Å²) < 4.78 is 2.02. The van der Waals surface area contributed by atoms with Gasteiger partial charge in [0.1, 0.15) is 0 Å². The molecule has 0 radical (unpaired) electrons. The van der Waals surface area contributed by atoms with Crippen LogP contribution in [0.25, 0.3) is 0 Å². The van der Waals surface area contributed by atoms with Crippen LogP contribution in [-0.4, -0.2) is 16.8 Å². The summed E-state index contributed by atoms with van der Waals surface area (Å²) in [6.07, 6.45) is 8.25. The highest BCUT2D eigenvalue weighted by Crippen LogP contribution is 2.48. The molecule has 0 bridgehead atoms. The molecule has 3 heteroatoms. The lowest BCUT2D eigenvalue weighted by Gasteiger charge is -2.33. The Kier molecular flexibility index (Phi) is 3.57. The third-order valence-corrected chi connectivity index (χ3v) is 4.39. The van der Waals surface area contributed by atoms with Crippen LogP contribution < -0.4 is 5.32 Å². The fraction of sp³-hybridized carbons (Fsp3) is 0.786. The first-order chi connectivity index (χ1) is 8.08. The summed E-state index contributed by atoms with van der Waals surface area (Å²) in [5.74, 6) is 0.724. The van der Waals surface area contributed by atoms with Gasteiger partial charge in [0.05, 0.1) is 6.20 Å². The Balaban J connectivity index is 2.21. The number of hydrogen-bond donors (Lipinski definition) is 1. The second-order valence-corrected chi connectivity index (χ2v) is 5.88. The topological polar surface area (TPSA) is 29.9 Å². The summed E-state index contributed by atoms with van der Waals surface area (Å²) >= 11 is 0. The van der Waals surface area contributed by atoms with E-state index in [-0.39, 0.29) is 0 Å². The molecule has 1 heterocycles. The van der Waals surface area contributed by atoms with E-state index in [0.717, 1.165) is 12.5 Å². The molecule has 17 heavy (non-hydrogen) atoms. The van der Waals surface area contributed by atoms with Crippen molar-refractivity contribution >= 4 is 0 Å². The lowest BCUT2D eigenvalue weighted by Crippen LogP contribution is -2.31. The van der Waals surface area contributed by atoms with Crippen molar-refractivity contribution in [2.75, 3.05) is 7.05 Å². The highest BCUT2D eigenvalue weighted by Gasteiger charge is 2.39. The minimum atomic E-state index is 0.446. The third kappa shape index (κ3) is 2.39. The van der Waals surface area contributed by atoms with Crippen molar-refractivity contribution in [3.05, 3.63) is 18.0 Å². The summed E-state index contributed by atoms with van der Waals surface area (Å²) in [5.41, 5.74) is 1.79. The Morgan fingerprint density at radius 2 is 2.35 bits per heavy atom. The zero-order valence-corrected chi connectivity index (χ0v) is 11.5. The molecule has 3 nitrogen and oxygen atoms in total. The predicted octanol–water partition coefficient (Wildman–Crippen LogP) is 2.99. The van der Waals surface area contributed by atoms with E-state index < -0.39 is 0 Å². The lowest BCUT2D eigenvalue weighted by molar-refractivity contribution is 0.203. The van der Waals surface area contributed by atoms with Gasteiger partial charge in [0.2, 0.25) is 0 Å². The molecule has 2 atom stereocenters. The van der Waals surface area contributed by atoms with Crippen LogP contribution in [0.3, 0.4) is 0 Å². The Bertz CT molecular complexity index is 367. The first kappa shape index (κ1) is 12.6. The fourth-order valence-electron chi connectivity index (χ4n) is 3.28. The zero-order valence-electron chi connectivity index (χ0n) is 11.5. The maximum atomic E-state index is 4.40. The van der Waals surface area contributed by atoms with Gasteiger partial charge in [-0.05, 0) is 38.1 Å². The van der Waals surface area contributed by atoms with Crippen LogP contribution in [0.1, 0.15) is 51.6 Å². The van der Waals surface area contributed by atoms with Crippen LogP contribution in [0.5, 0.6) is 0 Å². The van der Waals surface area contributed by atoms with Crippen LogP contribution in [0.15, 0.2) is 12.4 Å². The van der Waals surface area contributed by atoms with Gasteiger partial charge in [0, 0.05) is 24.3 Å². The molecule has 2 unspecified atom stereocenters. The van der Waals surface area contributed by atoms with Crippen molar-refractivity contribution in [2.24, 2.45) is 11.3 Å². The Hall–Kier alpha value is -0.830. The minimum Gasteiger partial charge on any atom is -0.313 e. The van der Waals surface area contributed by atoms with Crippen molar-refractivity contribution in [3.63, 3.8) is 0 Å². The van der Waals surface area contributed by atoms with Gasteiger partial charge in [-0.25, -0.2) is 0 Å². The molecule has 0 aliphatic heterocycles. The van der Waals surface area contributed by atoms with Gasteiger partial charge in [0.15, 0.2) is 0 Å². The highest BCUT2D eigenvalue weighted by molar-refractivity contribution is 5.14. The first-order valence-corrected chi connectivity index (χ1v) is 6.78. The maximum Gasteiger partial charge on any atom is 0.0537 e. The van der Waals surface area contributed by atoms with Crippen LogP contribution in [0.4, 0.5) is 0 Å². The van der Waals surface area contributed by atoms with E-state index in [9.17, 15) is 0 Å². The average Bonchev–Trinajstić information content (AvgIpc) is 2.88. The molecular formula is C14H25N3. The summed E-state index contributed by atoms with van der Waals surface area (Å²) in [6.45, 7) is 7.88. The molecule has 1 aliphatic carbocycles. The molecular weight excluding hydrogens is 210 g/mol. The molecule has 1 saturated carbocycles. The van der Waals surface area contributed by atoms with E-state index in [4.69, 9.17) is 0 Å². The van der Waals surface area contributed by atoms with Crippen molar-refractivity contribution in [3.8, 4) is 0 Å². The van der Waals surface area contributed by atoms with Crippen molar-refractivity contribution < 1.29 is 0 Å². The molecule has 2 rings (SSSR count). The van der Waals surface area contributed by atoms with E-state index in [1.54, 1.807) is 0 Å². The van der Waals surface area contributed by atoms with Crippen molar-refractivity contribution in [1.82, 2.24) is 15.1 Å². The molecule has 1 N–H and O–H groups in total. The van der Waals surface area contributed by atoms with E-state index in [1.807, 2.05) is 10.9 Å². The normalized spacial score (nSPS) is 25.1. The molecule has 0 saturated heterocycles. The van der Waals surface area contributed by atoms with E-state index in [2.05, 4.69) is 44.4 Å². The van der Waals surface area contributed by atoms with E-state index >= 15 is 0 Å². The predicted molar refractivity (Wildman–Crippen MR) is 70.8 cm³/mol. The van der Waals surface area contributed by atoms with Gasteiger partial charge >= 0.3 is 0 Å². The monoisotopic (exact) mass is 235 g/mol. The van der Waals surface area contributed by atoms with Gasteiger partial charge in [-0.1, -0.05) is 20.3 Å². The Morgan fingerprint density at radius 1 is 1.59 bits per heavy atom. The van der Waals surface area contributed by atoms with Gasteiger partial charge < -0.3 is 5.32 Å². The number of aryl methyl sites for hydroxylation is 1. The van der Waals surface area contributed by atoms with E-state index in [0.29, 0.717) is 11.5 Å². The van der Waals surface area contributed by atoms with Gasteiger partial charge in [0.25, 0.3) is 0 Å². The molecule has 0 aromatic carbocycles. The fourth-order valence-corrected chi connectivity index (χ4v) is 3.28. The van der Waals surface area contributed by atoms with Gasteiger partial charge in [-0.15, -0.1) is 0 Å². The summed E-state index contributed by atoms with van der Waals surface area (Å²) in [4.78, 5) is 0. The number of rotatable bonds is 4. The first-order valence-electron chi connectivity index (χ1n) is 6.78. The number of nitrogens with zero attached hydrogens (tertiary/aromatic N) is 2. The van der Waals surface area contributed by atoms with Crippen LogP contribution in [0, 0.1) is 11.3 Å². The second-order valence-electron chi connectivity index (χ2n) is 5.88. The number of hydrogen-bond acceptors (Lipinski definition) is 2. The van der Waals surface area contributed by atoms with Crippen molar-refractivity contribution in [2.45, 2.75) is 52.6 Å². The molecule has 0 amide bonds. The average molecular weight is 235 g/mol. The number of nitrogens with one attached hydrogen (secondary N) is 1. The SMILES string of the molecule is CCn1cc(C(NC)C2CCCC2(C)C)cn1. The summed E-state index contributed by atoms with van der Waals surface area (Å²) in [5, 5.41) is 7.90. The molecule has 1 aliphatic rings. The Morgan fingerprint density at radius 3 is 2.82 bits per heavy atom. The smallest absolute Gasteiger partial charge is 0.0537 e. The highest BCUT2D eigenvalue weighted by atomic mass is 15.3. The van der Waals surface area contributed by atoms with E-state index in [1.165, 1.54) is 24.8 Å². The van der Waals surface area contributed by atoms with Crippen molar-refractivity contribution in [1.29, 1.82) is 0 Å². The minimum absolute atomic E-state index is 0.446. The molecule has 0 spiro atoms. The van der Waals surface area contributed by atoms with Gasteiger partial charge in [-0.3, -0.25) is 4.68 Å². The molecule has 1 aromatic rings. The zero-order chi connectivity index (χ0) is 12.5. The van der Waals surface area contributed by atoms with Crippen LogP contribution in [0.2, 0.25) is 0 Å². The Labute approximate surface area is 105 Å². The van der Waals surface area contributed by atoms with Crippen LogP contribution >= 0.6 is 0 Å². The third-order valence-electron chi connectivity index (χ3n) is 4.39. The molecule has 1 fully saturated rings. The maximum absolute atomic E-state index is 4.40. The number of aromatic nitrogens is 2. The van der Waals surface area contributed by atoms with Gasteiger partial charge in [-0.2, -0.15) is 5.10 Å². The second kappa shape index (κ2) is 4.81. The quantitative estimate of drug-likeness (QED) is 0.869. The summed E-state index contributed by atoms with van der Waals surface area (Å²) in [6, 6.07) is 0.452. The lowest BCUT2D eigenvalue weighted by atomic mass is 9.76.